The maximum Gasteiger partial charge on any atom is 0.407 e. The molecule has 4 aliphatic rings. The van der Waals surface area contributed by atoms with E-state index in [1.54, 1.807) is 39.0 Å². The van der Waals surface area contributed by atoms with E-state index >= 15 is 0 Å². The van der Waals surface area contributed by atoms with Crippen LogP contribution in [0.15, 0.2) is 60.7 Å². The SMILES string of the molecule is CN1C[C@H](OCCOCCOCC(O)c2ccc3c(c2)CN(C(CCC(=O)OC(C)(C)C)C(N)=O)C3=O)C[C@H]1COc1nc2c(c(N3CCN(C(=O)O)[C@@H](CC#N)C3)n1)CCN(c1cccc3ccccc13)C2. The number of fused-ring (bicyclic) bond motifs is 3. The first-order valence-corrected chi connectivity index (χ1v) is 25.0. The maximum atomic E-state index is 13.2. The Kier molecular flexibility index (Phi) is 17.0. The van der Waals surface area contributed by atoms with E-state index in [4.69, 9.17) is 39.4 Å². The van der Waals surface area contributed by atoms with Crippen LogP contribution in [0.25, 0.3) is 10.8 Å². The molecule has 5 heterocycles. The summed E-state index contributed by atoms with van der Waals surface area (Å²) >= 11 is 0. The number of rotatable bonds is 21. The summed E-state index contributed by atoms with van der Waals surface area (Å²) < 4.78 is 29.5. The van der Waals surface area contributed by atoms with Gasteiger partial charge in [-0.3, -0.25) is 19.3 Å². The minimum absolute atomic E-state index is 0.00192. The van der Waals surface area contributed by atoms with Gasteiger partial charge >= 0.3 is 18.1 Å². The quantitative estimate of drug-likeness (QED) is 0.0771. The Morgan fingerprint density at radius 2 is 1.71 bits per heavy atom. The number of hydrogen-bond donors (Lipinski definition) is 3. The molecule has 0 radical (unpaired) electrons. The van der Waals surface area contributed by atoms with Crippen LogP contribution in [0.5, 0.6) is 6.01 Å². The van der Waals surface area contributed by atoms with Crippen molar-refractivity contribution in [2.45, 2.75) is 102 Å². The number of hydrogen-bond acceptors (Lipinski definition) is 16. The highest BCUT2D eigenvalue weighted by Gasteiger charge is 2.38. The summed E-state index contributed by atoms with van der Waals surface area (Å²) in [7, 11) is 2.03. The first kappa shape index (κ1) is 52.7. The van der Waals surface area contributed by atoms with Crippen molar-refractivity contribution < 1.29 is 53.1 Å². The van der Waals surface area contributed by atoms with Gasteiger partial charge in [0.1, 0.15) is 30.2 Å². The van der Waals surface area contributed by atoms with Crippen LogP contribution in [0.2, 0.25) is 0 Å². The van der Waals surface area contributed by atoms with Crippen molar-refractivity contribution in [2.75, 3.05) is 89.2 Å². The Bertz CT molecular complexity index is 2670. The minimum Gasteiger partial charge on any atom is -0.465 e. The van der Waals surface area contributed by atoms with Crippen molar-refractivity contribution in [1.82, 2.24) is 24.7 Å². The van der Waals surface area contributed by atoms with Crippen LogP contribution in [0.1, 0.15) is 85.3 Å². The molecule has 2 unspecified atom stereocenters. The summed E-state index contributed by atoms with van der Waals surface area (Å²) in [5.74, 6) is -0.836. The second kappa shape index (κ2) is 23.5. The number of likely N-dealkylation sites (tertiary alicyclic amines) is 1. The molecule has 5 atom stereocenters. The fourth-order valence-electron chi connectivity index (χ4n) is 10.2. The number of likely N-dealkylation sites (N-methyl/N-ethyl adjacent to an activating group) is 1. The van der Waals surface area contributed by atoms with Gasteiger partial charge in [-0.25, -0.2) is 4.79 Å². The van der Waals surface area contributed by atoms with Crippen molar-refractivity contribution in [2.24, 2.45) is 5.73 Å². The molecule has 4 aliphatic heterocycles. The predicted octanol–water partition coefficient (Wildman–Crippen LogP) is 4.44. The number of nitrogens with zero attached hydrogens (tertiary/aromatic N) is 8. The van der Waals surface area contributed by atoms with Gasteiger partial charge in [0.15, 0.2) is 0 Å². The summed E-state index contributed by atoms with van der Waals surface area (Å²) in [5.41, 5.74) is 9.58. The van der Waals surface area contributed by atoms with Crippen LogP contribution >= 0.6 is 0 Å². The van der Waals surface area contributed by atoms with E-state index in [1.807, 2.05) is 19.2 Å². The summed E-state index contributed by atoms with van der Waals surface area (Å²) in [6.45, 7) is 9.99. The summed E-state index contributed by atoms with van der Waals surface area (Å²) in [5, 5.41) is 32.7. The lowest BCUT2D eigenvalue weighted by molar-refractivity contribution is -0.155. The van der Waals surface area contributed by atoms with Gasteiger partial charge in [-0.05, 0) is 75.7 Å². The highest BCUT2D eigenvalue weighted by molar-refractivity contribution is 6.01. The van der Waals surface area contributed by atoms with Crippen LogP contribution in [-0.4, -0.2) is 168 Å². The van der Waals surface area contributed by atoms with E-state index in [9.17, 15) is 34.7 Å². The number of nitrogens with two attached hydrogens (primary N) is 1. The lowest BCUT2D eigenvalue weighted by atomic mass is 10.0. The molecule has 20 nitrogen and oxygen atoms in total. The largest absolute Gasteiger partial charge is 0.465 e. The van der Waals surface area contributed by atoms with Crippen molar-refractivity contribution in [3.8, 4) is 12.1 Å². The van der Waals surface area contributed by atoms with E-state index in [2.05, 4.69) is 51.1 Å². The smallest absolute Gasteiger partial charge is 0.407 e. The van der Waals surface area contributed by atoms with Gasteiger partial charge in [-0.1, -0.05) is 48.5 Å². The van der Waals surface area contributed by atoms with Gasteiger partial charge in [-0.2, -0.15) is 15.2 Å². The monoisotopic (exact) mass is 1010 g/mol. The second-order valence-corrected chi connectivity index (χ2v) is 20.1. The summed E-state index contributed by atoms with van der Waals surface area (Å²) in [6, 6.07) is 20.6. The number of esters is 1. The number of nitriles is 1. The first-order valence-electron chi connectivity index (χ1n) is 25.0. The van der Waals surface area contributed by atoms with E-state index in [1.165, 1.54) is 9.80 Å². The van der Waals surface area contributed by atoms with Gasteiger partial charge < -0.3 is 59.2 Å². The van der Waals surface area contributed by atoms with Gasteiger partial charge in [0.05, 0.1) is 69.9 Å². The third kappa shape index (κ3) is 13.0. The van der Waals surface area contributed by atoms with E-state index in [0.29, 0.717) is 75.7 Å². The molecule has 2 fully saturated rings. The Labute approximate surface area is 425 Å². The Morgan fingerprint density at radius 1 is 0.932 bits per heavy atom. The molecule has 20 heteroatoms. The van der Waals surface area contributed by atoms with Gasteiger partial charge in [0.25, 0.3) is 5.91 Å². The number of amides is 3. The van der Waals surface area contributed by atoms with Crippen LogP contribution in [-0.2, 0) is 48.0 Å². The van der Waals surface area contributed by atoms with Gasteiger partial charge in [0.2, 0.25) is 5.91 Å². The highest BCUT2D eigenvalue weighted by Crippen LogP contribution is 2.36. The number of piperazine rings is 1. The number of carbonyl (C=O) groups is 4. The maximum absolute atomic E-state index is 13.2. The molecule has 0 bridgehead atoms. The molecule has 0 spiro atoms. The zero-order valence-electron chi connectivity index (χ0n) is 42.1. The predicted molar refractivity (Wildman–Crippen MR) is 269 cm³/mol. The average molecular weight is 1010 g/mol. The number of carbonyl (C=O) groups excluding carboxylic acids is 3. The lowest BCUT2D eigenvalue weighted by Crippen LogP contribution is -2.55. The molecule has 390 valence electrons. The normalized spacial score (nSPS) is 19.9. The molecule has 0 aliphatic carbocycles. The Balaban J connectivity index is 0.787. The molecule has 4 aromatic rings. The zero-order valence-corrected chi connectivity index (χ0v) is 42.1. The highest BCUT2D eigenvalue weighted by atomic mass is 16.6. The van der Waals surface area contributed by atoms with Crippen molar-refractivity contribution in [3.63, 3.8) is 0 Å². The fourth-order valence-corrected chi connectivity index (χ4v) is 10.2. The molecule has 2 saturated heterocycles. The van der Waals surface area contributed by atoms with E-state index < -0.39 is 41.8 Å². The van der Waals surface area contributed by atoms with Crippen LogP contribution < -0.4 is 20.3 Å². The average Bonchev–Trinajstić information content (AvgIpc) is 3.89. The molecular formula is C53H67N9O11. The molecule has 4 N–H and O–H groups in total. The number of carboxylic acid groups (broad SMARTS) is 1. The van der Waals surface area contributed by atoms with Gasteiger partial charge in [-0.15, -0.1) is 0 Å². The molecule has 73 heavy (non-hydrogen) atoms. The molecule has 1 aromatic heterocycles. The number of primary amides is 1. The minimum atomic E-state index is -1.03. The third-order valence-electron chi connectivity index (χ3n) is 13.9. The molecule has 3 aromatic carbocycles. The van der Waals surface area contributed by atoms with Crippen molar-refractivity contribution >= 4 is 46.2 Å². The molecule has 3 amide bonds. The van der Waals surface area contributed by atoms with Crippen LogP contribution in [0.3, 0.4) is 0 Å². The number of ether oxygens (including phenoxy) is 5. The van der Waals surface area contributed by atoms with Crippen molar-refractivity contribution in [1.29, 1.82) is 5.26 Å². The van der Waals surface area contributed by atoms with Crippen LogP contribution in [0.4, 0.5) is 16.3 Å². The van der Waals surface area contributed by atoms with Crippen LogP contribution in [0, 0.1) is 11.3 Å². The summed E-state index contributed by atoms with van der Waals surface area (Å²) in [6.07, 6.45) is -0.591. The van der Waals surface area contributed by atoms with E-state index in [-0.39, 0.29) is 69.6 Å². The van der Waals surface area contributed by atoms with Crippen molar-refractivity contribution in [3.05, 3.63) is 88.6 Å². The zero-order chi connectivity index (χ0) is 51.8. The number of aliphatic hydroxyl groups excluding tert-OH is 1. The number of aliphatic hydroxyl groups is 1. The number of anilines is 2. The molecule has 8 rings (SSSR count). The second-order valence-electron chi connectivity index (χ2n) is 20.1. The Hall–Kier alpha value is -6.63. The van der Waals surface area contributed by atoms with Gasteiger partial charge in [0, 0.05) is 73.9 Å². The standard InChI is InChI=1S/C53H67N9O11/c1-53(2,3)73-47(64)15-14-45(48(55)65)62-28-36-26-35(12-13-41(36)50(62)66)46(63)33-70-23-22-69-24-25-71-39-27-38(58(4)30-39)32-72-51-56-43-31-59(44-11-7-9-34-8-5-6-10-40(34)44)19-17-42(43)49(57-51)60-20-21-61(52(67)68)37(29-60)16-18-54/h5-13,26,37-39,45-46,63H,14-17,19-25,27-33H2,1-4H3,(H2,55,65)(H,67,68)/t37-,38-,39+,45?,46?/m0/s1. The molecule has 0 saturated carbocycles. The fraction of sp³-hybridized carbons (Fsp3) is 0.528. The third-order valence-corrected chi connectivity index (χ3v) is 13.9. The first-order chi connectivity index (χ1) is 35.1. The number of benzene rings is 3. The molecular weight excluding hydrogens is 939 g/mol. The lowest BCUT2D eigenvalue weighted by Gasteiger charge is -2.41. The van der Waals surface area contributed by atoms with E-state index in [0.717, 1.165) is 46.5 Å². The summed E-state index contributed by atoms with van der Waals surface area (Å²) in [4.78, 5) is 69.3. The topological polar surface area (TPSA) is 247 Å². The Morgan fingerprint density at radius 3 is 2.49 bits per heavy atom. The number of aromatic nitrogens is 2.